The summed E-state index contributed by atoms with van der Waals surface area (Å²) in [4.78, 5) is 2.26. The highest BCUT2D eigenvalue weighted by Crippen LogP contribution is 2.34. The molecule has 0 unspecified atom stereocenters. The fraction of sp³-hybridized carbons (Fsp3) is 0.250. The first kappa shape index (κ1) is 13.3. The Hall–Kier alpha value is -1.11. The highest BCUT2D eigenvalue weighted by Gasteiger charge is 2.11. The van der Waals surface area contributed by atoms with Crippen molar-refractivity contribution in [3.63, 3.8) is 0 Å². The number of nitrogens with one attached hydrogen (secondary N) is 2. The highest BCUT2D eigenvalue weighted by molar-refractivity contribution is 7.80. The van der Waals surface area contributed by atoms with Crippen molar-refractivity contribution in [1.29, 1.82) is 0 Å². The third-order valence-electron chi connectivity index (χ3n) is 2.65. The van der Waals surface area contributed by atoms with Crippen molar-refractivity contribution >= 4 is 57.1 Å². The van der Waals surface area contributed by atoms with Gasteiger partial charge in [-0.1, -0.05) is 0 Å². The number of nitrogen functional groups attached to an aromatic ring is 1. The van der Waals surface area contributed by atoms with Gasteiger partial charge in [0, 0.05) is 15.1 Å². The molecule has 4 N–H and O–H groups in total. The molecule has 6 heteroatoms. The smallest absolute Gasteiger partial charge is 0.175 e. The number of thiocarbonyl (C=S) groups is 1. The van der Waals surface area contributed by atoms with Crippen LogP contribution in [0.5, 0.6) is 0 Å². The lowest BCUT2D eigenvalue weighted by Crippen LogP contribution is -2.19. The molecule has 18 heavy (non-hydrogen) atoms. The van der Waals surface area contributed by atoms with Gasteiger partial charge in [-0.05, 0) is 43.9 Å². The van der Waals surface area contributed by atoms with Crippen LogP contribution in [0.4, 0.5) is 17.1 Å². The van der Waals surface area contributed by atoms with Gasteiger partial charge < -0.3 is 16.4 Å². The van der Waals surface area contributed by atoms with E-state index in [9.17, 15) is 0 Å². The molecule has 0 amide bonds. The molecule has 0 saturated heterocycles. The van der Waals surface area contributed by atoms with Crippen molar-refractivity contribution in [2.45, 2.75) is 20.8 Å². The van der Waals surface area contributed by atoms with E-state index in [2.05, 4.69) is 22.9 Å². The monoisotopic (exact) mass is 297 g/mol. The maximum atomic E-state index is 6.02. The predicted molar refractivity (Wildman–Crippen MR) is 87.1 cm³/mol. The second-order valence-corrected chi connectivity index (χ2v) is 6.63. The van der Waals surface area contributed by atoms with Crippen LogP contribution in [0.2, 0.25) is 0 Å². The molecule has 2 heterocycles. The second kappa shape index (κ2) is 5.26. The quantitative estimate of drug-likeness (QED) is 0.730. The van der Waals surface area contributed by atoms with E-state index in [0.29, 0.717) is 5.11 Å². The van der Waals surface area contributed by atoms with Crippen molar-refractivity contribution in [3.8, 4) is 0 Å². The van der Waals surface area contributed by atoms with E-state index >= 15 is 0 Å². The maximum absolute atomic E-state index is 6.02. The Morgan fingerprint density at radius 1 is 1.17 bits per heavy atom. The van der Waals surface area contributed by atoms with Gasteiger partial charge in [-0.3, -0.25) is 0 Å². The molecule has 0 atom stereocenters. The number of thiophene rings is 2. The van der Waals surface area contributed by atoms with Crippen LogP contribution in [0.25, 0.3) is 0 Å². The van der Waals surface area contributed by atoms with Crippen LogP contribution in [0, 0.1) is 20.8 Å². The van der Waals surface area contributed by atoms with Gasteiger partial charge in [-0.15, -0.1) is 22.7 Å². The van der Waals surface area contributed by atoms with Crippen LogP contribution in [-0.2, 0) is 0 Å². The lowest BCUT2D eigenvalue weighted by molar-refractivity contribution is 1.51. The molecule has 0 aliphatic heterocycles. The van der Waals surface area contributed by atoms with Gasteiger partial charge in [0.25, 0.3) is 0 Å². The van der Waals surface area contributed by atoms with E-state index in [1.165, 1.54) is 5.56 Å². The average Bonchev–Trinajstić information content (AvgIpc) is 2.79. The lowest BCUT2D eigenvalue weighted by Gasteiger charge is -2.11. The van der Waals surface area contributed by atoms with Crippen molar-refractivity contribution in [3.05, 3.63) is 26.1 Å². The second-order valence-electron chi connectivity index (χ2n) is 4.05. The molecule has 0 aliphatic carbocycles. The summed E-state index contributed by atoms with van der Waals surface area (Å²) in [7, 11) is 0. The van der Waals surface area contributed by atoms with E-state index in [1.807, 2.05) is 19.2 Å². The van der Waals surface area contributed by atoms with E-state index in [0.717, 1.165) is 26.8 Å². The summed E-state index contributed by atoms with van der Waals surface area (Å²) < 4.78 is 0. The average molecular weight is 297 g/mol. The molecule has 0 radical (unpaired) electrons. The van der Waals surface area contributed by atoms with Crippen molar-refractivity contribution in [1.82, 2.24) is 0 Å². The van der Waals surface area contributed by atoms with Gasteiger partial charge in [0.15, 0.2) is 5.11 Å². The molecule has 3 nitrogen and oxygen atoms in total. The Labute approximate surface area is 120 Å². The summed E-state index contributed by atoms with van der Waals surface area (Å²) in [6.45, 7) is 6.10. The molecule has 0 saturated carbocycles. The van der Waals surface area contributed by atoms with Crippen molar-refractivity contribution in [2.24, 2.45) is 0 Å². The summed E-state index contributed by atoms with van der Waals surface area (Å²) in [5.41, 5.74) is 9.95. The van der Waals surface area contributed by atoms with Gasteiger partial charge in [0.1, 0.15) is 0 Å². The Bertz CT molecular complexity index is 583. The molecular weight excluding hydrogens is 282 g/mol. The Morgan fingerprint density at radius 3 is 2.39 bits per heavy atom. The van der Waals surface area contributed by atoms with Gasteiger partial charge >= 0.3 is 0 Å². The van der Waals surface area contributed by atoms with Crippen LogP contribution in [0.15, 0.2) is 10.8 Å². The zero-order valence-electron chi connectivity index (χ0n) is 10.5. The van der Waals surface area contributed by atoms with Gasteiger partial charge in [-0.25, -0.2) is 0 Å². The predicted octanol–water partition coefficient (Wildman–Crippen LogP) is 4.13. The number of nitrogens with two attached hydrogens (primary N) is 1. The zero-order chi connectivity index (χ0) is 13.3. The van der Waals surface area contributed by atoms with E-state index in [1.54, 1.807) is 22.7 Å². The zero-order valence-corrected chi connectivity index (χ0v) is 12.9. The van der Waals surface area contributed by atoms with Crippen LogP contribution in [-0.4, -0.2) is 5.11 Å². The summed E-state index contributed by atoms with van der Waals surface area (Å²) in [5, 5.41) is 11.1. The molecule has 2 aromatic rings. The summed E-state index contributed by atoms with van der Waals surface area (Å²) in [6, 6.07) is 0. The summed E-state index contributed by atoms with van der Waals surface area (Å²) in [5.74, 6) is 0. The largest absolute Gasteiger partial charge is 0.396 e. The fourth-order valence-corrected chi connectivity index (χ4v) is 3.54. The molecule has 0 bridgehead atoms. The van der Waals surface area contributed by atoms with Gasteiger partial charge in [0.05, 0.1) is 17.1 Å². The minimum atomic E-state index is 0.573. The van der Waals surface area contributed by atoms with E-state index in [4.69, 9.17) is 18.0 Å². The number of hydrogen-bond donors (Lipinski definition) is 3. The SMILES string of the molecule is Cc1cscc1NC(=S)Nc1c(C)sc(C)c1N. The first-order chi connectivity index (χ1) is 8.49. The molecular formula is C12H15N3S3. The van der Waals surface area contributed by atoms with Gasteiger partial charge in [-0.2, -0.15) is 0 Å². The Morgan fingerprint density at radius 2 is 1.89 bits per heavy atom. The standard InChI is InChI=1S/C12H15N3S3/c1-6-4-17-5-9(6)14-12(16)15-11-8(3)18-7(2)10(11)13/h4-5H,13H2,1-3H3,(H2,14,15,16). The number of anilines is 3. The maximum Gasteiger partial charge on any atom is 0.175 e. The van der Waals surface area contributed by atoms with Gasteiger partial charge in [0.2, 0.25) is 0 Å². The van der Waals surface area contributed by atoms with Crippen molar-refractivity contribution < 1.29 is 0 Å². The highest BCUT2D eigenvalue weighted by atomic mass is 32.1. The molecule has 0 aliphatic rings. The minimum absolute atomic E-state index is 0.573. The lowest BCUT2D eigenvalue weighted by atomic mass is 10.3. The number of hydrogen-bond acceptors (Lipinski definition) is 4. The van der Waals surface area contributed by atoms with Crippen LogP contribution < -0.4 is 16.4 Å². The van der Waals surface area contributed by atoms with Crippen molar-refractivity contribution in [2.75, 3.05) is 16.4 Å². The summed E-state index contributed by atoms with van der Waals surface area (Å²) in [6.07, 6.45) is 0. The molecule has 0 aromatic carbocycles. The third kappa shape index (κ3) is 2.66. The normalized spacial score (nSPS) is 10.4. The minimum Gasteiger partial charge on any atom is -0.396 e. The third-order valence-corrected chi connectivity index (χ3v) is 4.75. The number of aryl methyl sites for hydroxylation is 3. The molecule has 2 rings (SSSR count). The first-order valence-corrected chi connectivity index (χ1v) is 7.62. The molecule has 96 valence electrons. The van der Waals surface area contributed by atoms with Crippen LogP contribution in [0.1, 0.15) is 15.3 Å². The topological polar surface area (TPSA) is 50.1 Å². The first-order valence-electron chi connectivity index (χ1n) is 5.45. The Kier molecular flexibility index (Phi) is 3.89. The molecule has 0 fully saturated rings. The van der Waals surface area contributed by atoms with E-state index < -0.39 is 0 Å². The summed E-state index contributed by atoms with van der Waals surface area (Å²) >= 11 is 8.63. The number of rotatable bonds is 2. The molecule has 0 spiro atoms. The fourth-order valence-electron chi connectivity index (χ4n) is 1.61. The van der Waals surface area contributed by atoms with Crippen LogP contribution in [0.3, 0.4) is 0 Å². The van der Waals surface area contributed by atoms with Crippen LogP contribution >= 0.6 is 34.9 Å². The molecule has 2 aromatic heterocycles. The van der Waals surface area contributed by atoms with E-state index in [-0.39, 0.29) is 0 Å². The Balaban J connectivity index is 2.10.